The van der Waals surface area contributed by atoms with E-state index in [0.29, 0.717) is 29.5 Å². The molecule has 2 aromatic carbocycles. The molecule has 0 atom stereocenters. The molecule has 5 N–H and O–H groups in total. The Morgan fingerprint density at radius 1 is 1.08 bits per heavy atom. The normalized spacial score (nSPS) is 10.9. The van der Waals surface area contributed by atoms with E-state index in [1.54, 1.807) is 18.5 Å². The van der Waals surface area contributed by atoms with Crippen LogP contribution in [0.25, 0.3) is 22.6 Å². The molecule has 0 spiro atoms. The molecule has 0 aliphatic rings. The van der Waals surface area contributed by atoms with Gasteiger partial charge in [0.05, 0.1) is 6.33 Å². The second-order valence-corrected chi connectivity index (χ2v) is 5.97. The number of aromatic hydroxyl groups is 1. The first-order valence-electron chi connectivity index (χ1n) is 8.28. The van der Waals surface area contributed by atoms with E-state index >= 15 is 0 Å². The van der Waals surface area contributed by atoms with Crippen molar-refractivity contribution in [2.75, 3.05) is 17.6 Å². The summed E-state index contributed by atoms with van der Waals surface area (Å²) in [5.41, 5.74) is 9.87. The number of nitrogen functional groups attached to an aromatic ring is 1. The molecule has 0 aliphatic heterocycles. The maximum atomic E-state index is 9.36. The number of imidazole rings is 1. The number of rotatable bonds is 5. The minimum absolute atomic E-state index is 0.267. The van der Waals surface area contributed by atoms with Crippen LogP contribution in [0.3, 0.4) is 0 Å². The summed E-state index contributed by atoms with van der Waals surface area (Å²) in [5.74, 6) is 1.54. The summed E-state index contributed by atoms with van der Waals surface area (Å²) in [7, 11) is 0. The summed E-state index contributed by atoms with van der Waals surface area (Å²) >= 11 is 0. The molecule has 130 valence electrons. The van der Waals surface area contributed by atoms with Crippen molar-refractivity contribution in [3.8, 4) is 17.1 Å². The van der Waals surface area contributed by atoms with Crippen molar-refractivity contribution in [2.45, 2.75) is 6.42 Å². The predicted octanol–water partition coefficient (Wildman–Crippen LogP) is 2.96. The number of aromatic amines is 1. The highest BCUT2D eigenvalue weighted by Gasteiger charge is 2.11. The Balaban J connectivity index is 1.59. The summed E-state index contributed by atoms with van der Waals surface area (Å²) in [5, 5.41) is 12.7. The smallest absolute Gasteiger partial charge is 0.183 e. The van der Waals surface area contributed by atoms with Crippen LogP contribution >= 0.6 is 0 Å². The number of aromatic nitrogens is 4. The van der Waals surface area contributed by atoms with Crippen LogP contribution in [0.2, 0.25) is 0 Å². The SMILES string of the molecule is Nc1cccc(-c2nc(NCCc3ccc(O)cc3)c3[nH]cnc3n2)c1. The number of anilines is 2. The van der Waals surface area contributed by atoms with Crippen LogP contribution in [-0.2, 0) is 6.42 Å². The molecule has 0 amide bonds. The number of H-pyrrole nitrogens is 1. The largest absolute Gasteiger partial charge is 0.508 e. The number of hydrogen-bond acceptors (Lipinski definition) is 6. The number of phenols is 1. The molecule has 0 fully saturated rings. The number of benzene rings is 2. The van der Waals surface area contributed by atoms with Crippen LogP contribution in [0.15, 0.2) is 54.9 Å². The molecule has 4 rings (SSSR count). The number of phenolic OH excluding ortho intramolecular Hbond substituents is 1. The van der Waals surface area contributed by atoms with Crippen LogP contribution in [0, 0.1) is 0 Å². The van der Waals surface area contributed by atoms with E-state index in [1.165, 1.54) is 0 Å². The highest BCUT2D eigenvalue weighted by atomic mass is 16.3. The number of nitrogens with one attached hydrogen (secondary N) is 2. The first kappa shape index (κ1) is 15.9. The monoisotopic (exact) mass is 346 g/mol. The quantitative estimate of drug-likeness (QED) is 0.413. The highest BCUT2D eigenvalue weighted by Crippen LogP contribution is 2.24. The molecule has 2 heterocycles. The van der Waals surface area contributed by atoms with E-state index in [0.717, 1.165) is 23.1 Å². The number of nitrogens with two attached hydrogens (primary N) is 1. The summed E-state index contributed by atoms with van der Waals surface area (Å²) in [6.07, 6.45) is 2.40. The molecular formula is C19H18N6O. The summed E-state index contributed by atoms with van der Waals surface area (Å²) in [6, 6.07) is 14.6. The standard InChI is InChI=1S/C19H18N6O/c20-14-3-1-2-13(10-14)17-24-18(16-19(25-17)23-11-22-16)21-9-8-12-4-6-15(26)7-5-12/h1-7,10-11,26H,8-9,20H2,(H2,21,22,23,24,25). The number of hydrogen-bond donors (Lipinski definition) is 4. The van der Waals surface area contributed by atoms with Crippen molar-refractivity contribution in [3.05, 3.63) is 60.4 Å². The van der Waals surface area contributed by atoms with Crippen LogP contribution in [-0.4, -0.2) is 31.6 Å². The maximum absolute atomic E-state index is 9.36. The summed E-state index contributed by atoms with van der Waals surface area (Å²) < 4.78 is 0. The van der Waals surface area contributed by atoms with Gasteiger partial charge in [-0.1, -0.05) is 24.3 Å². The Hall–Kier alpha value is -3.61. The third-order valence-corrected chi connectivity index (χ3v) is 4.07. The van der Waals surface area contributed by atoms with Gasteiger partial charge in [-0.3, -0.25) is 0 Å². The van der Waals surface area contributed by atoms with Gasteiger partial charge >= 0.3 is 0 Å². The Bertz CT molecular complexity index is 1040. The molecule has 0 saturated heterocycles. The van der Waals surface area contributed by atoms with Crippen molar-refractivity contribution < 1.29 is 5.11 Å². The van der Waals surface area contributed by atoms with Crippen molar-refractivity contribution in [2.24, 2.45) is 0 Å². The third kappa shape index (κ3) is 3.27. The third-order valence-electron chi connectivity index (χ3n) is 4.07. The minimum Gasteiger partial charge on any atom is -0.508 e. The first-order chi connectivity index (χ1) is 12.7. The second-order valence-electron chi connectivity index (χ2n) is 5.97. The van der Waals surface area contributed by atoms with E-state index in [2.05, 4.69) is 25.3 Å². The Kier molecular flexibility index (Phi) is 4.10. The van der Waals surface area contributed by atoms with Crippen LogP contribution in [0.1, 0.15) is 5.56 Å². The fourth-order valence-corrected chi connectivity index (χ4v) is 2.76. The van der Waals surface area contributed by atoms with E-state index < -0.39 is 0 Å². The summed E-state index contributed by atoms with van der Waals surface area (Å²) in [4.78, 5) is 16.5. The molecule has 2 aromatic heterocycles. The molecule has 26 heavy (non-hydrogen) atoms. The van der Waals surface area contributed by atoms with E-state index in [9.17, 15) is 5.11 Å². The lowest BCUT2D eigenvalue weighted by Gasteiger charge is -2.09. The maximum Gasteiger partial charge on any atom is 0.183 e. The molecule has 0 saturated carbocycles. The van der Waals surface area contributed by atoms with Crippen molar-refractivity contribution in [1.29, 1.82) is 0 Å². The topological polar surface area (TPSA) is 113 Å². The Morgan fingerprint density at radius 3 is 2.73 bits per heavy atom. The molecule has 0 radical (unpaired) electrons. The van der Waals surface area contributed by atoms with Gasteiger partial charge in [-0.05, 0) is 36.2 Å². The van der Waals surface area contributed by atoms with E-state index in [1.807, 2.05) is 36.4 Å². The average Bonchev–Trinajstić information content (AvgIpc) is 3.12. The molecular weight excluding hydrogens is 328 g/mol. The van der Waals surface area contributed by atoms with Gasteiger partial charge in [-0.15, -0.1) is 0 Å². The van der Waals surface area contributed by atoms with Crippen molar-refractivity contribution >= 4 is 22.7 Å². The van der Waals surface area contributed by atoms with Gasteiger partial charge in [0.25, 0.3) is 0 Å². The molecule has 0 bridgehead atoms. The predicted molar refractivity (Wildman–Crippen MR) is 102 cm³/mol. The fraction of sp³-hybridized carbons (Fsp3) is 0.105. The number of fused-ring (bicyclic) bond motifs is 1. The van der Waals surface area contributed by atoms with Crippen LogP contribution in [0.5, 0.6) is 5.75 Å². The summed E-state index contributed by atoms with van der Waals surface area (Å²) in [6.45, 7) is 0.687. The first-order valence-corrected chi connectivity index (χ1v) is 8.28. The molecule has 7 heteroatoms. The van der Waals surface area contributed by atoms with E-state index in [-0.39, 0.29) is 5.75 Å². The van der Waals surface area contributed by atoms with Crippen molar-refractivity contribution in [3.63, 3.8) is 0 Å². The van der Waals surface area contributed by atoms with Crippen LogP contribution < -0.4 is 11.1 Å². The number of nitrogens with zero attached hydrogens (tertiary/aromatic N) is 3. The lowest BCUT2D eigenvalue weighted by Crippen LogP contribution is -2.08. The van der Waals surface area contributed by atoms with E-state index in [4.69, 9.17) is 5.73 Å². The van der Waals surface area contributed by atoms with Crippen LogP contribution in [0.4, 0.5) is 11.5 Å². The molecule has 4 aromatic rings. The van der Waals surface area contributed by atoms with Gasteiger partial charge in [-0.25, -0.2) is 15.0 Å². The zero-order chi connectivity index (χ0) is 17.9. The lowest BCUT2D eigenvalue weighted by molar-refractivity contribution is 0.475. The molecule has 0 aliphatic carbocycles. The van der Waals surface area contributed by atoms with Gasteiger partial charge < -0.3 is 21.1 Å². The van der Waals surface area contributed by atoms with Gasteiger partial charge in [-0.2, -0.15) is 0 Å². The van der Waals surface area contributed by atoms with Gasteiger partial charge in [0.1, 0.15) is 11.3 Å². The lowest BCUT2D eigenvalue weighted by atomic mass is 10.1. The second kappa shape index (κ2) is 6.72. The zero-order valence-electron chi connectivity index (χ0n) is 14.0. The zero-order valence-corrected chi connectivity index (χ0v) is 14.0. The average molecular weight is 346 g/mol. The van der Waals surface area contributed by atoms with Gasteiger partial charge in [0.15, 0.2) is 17.3 Å². The van der Waals surface area contributed by atoms with Gasteiger partial charge in [0.2, 0.25) is 0 Å². The fourth-order valence-electron chi connectivity index (χ4n) is 2.76. The Morgan fingerprint density at radius 2 is 1.92 bits per heavy atom. The minimum atomic E-state index is 0.267. The molecule has 7 nitrogen and oxygen atoms in total. The highest BCUT2D eigenvalue weighted by molar-refractivity contribution is 5.84. The Labute approximate surface area is 150 Å². The molecule has 0 unspecified atom stereocenters. The van der Waals surface area contributed by atoms with Crippen molar-refractivity contribution in [1.82, 2.24) is 19.9 Å². The van der Waals surface area contributed by atoms with Gasteiger partial charge in [0, 0.05) is 17.8 Å².